The third kappa shape index (κ3) is 6.43. The topological polar surface area (TPSA) is 103 Å². The van der Waals surface area contributed by atoms with Crippen molar-refractivity contribution in [1.82, 2.24) is 19.7 Å². The highest BCUT2D eigenvalue weighted by molar-refractivity contribution is 7.90. The smallest absolute Gasteiger partial charge is 0.406 e. The molecule has 0 fully saturated rings. The highest BCUT2D eigenvalue weighted by atomic mass is 35.5. The molecule has 1 aromatic heterocycles. The van der Waals surface area contributed by atoms with Crippen LogP contribution in [0.25, 0.3) is 5.69 Å². The summed E-state index contributed by atoms with van der Waals surface area (Å²) in [5.74, 6) is -2.79. The summed E-state index contributed by atoms with van der Waals surface area (Å²) in [5.41, 5.74) is -5.64. The summed E-state index contributed by atoms with van der Waals surface area (Å²) < 4.78 is 146. The van der Waals surface area contributed by atoms with Gasteiger partial charge in [0.25, 0.3) is 15.9 Å². The molecular weight excluding hydrogens is 575 g/mol. The van der Waals surface area contributed by atoms with Gasteiger partial charge in [-0.05, 0) is 42.5 Å². The molecule has 1 heterocycles. The van der Waals surface area contributed by atoms with Gasteiger partial charge in [-0.25, -0.2) is 17.8 Å². The number of hydrogen-bond donors (Lipinski definition) is 1. The van der Waals surface area contributed by atoms with Crippen LogP contribution in [0.4, 0.5) is 39.5 Å². The van der Waals surface area contributed by atoms with Crippen molar-refractivity contribution in [1.29, 1.82) is 0 Å². The van der Waals surface area contributed by atoms with E-state index in [4.69, 9.17) is 11.6 Å². The van der Waals surface area contributed by atoms with Crippen molar-refractivity contribution in [2.75, 3.05) is 0 Å². The molecule has 1 N–H and O–H groups in total. The lowest BCUT2D eigenvalue weighted by Crippen LogP contribution is -2.32. The van der Waals surface area contributed by atoms with Crippen molar-refractivity contribution in [3.63, 3.8) is 0 Å². The summed E-state index contributed by atoms with van der Waals surface area (Å²) in [5, 5.41) is 5.22. The fourth-order valence-corrected chi connectivity index (χ4v) is 3.98. The molecule has 0 saturated heterocycles. The number of halogens is 10. The van der Waals surface area contributed by atoms with E-state index in [-0.39, 0.29) is 4.68 Å². The van der Waals surface area contributed by atoms with E-state index < -0.39 is 73.0 Å². The predicted octanol–water partition coefficient (Wildman–Crippen LogP) is 4.98. The monoisotopic (exact) mass is 582 g/mol. The molecular formula is C18H8ClF9N4O4S. The Bertz CT molecular complexity index is 1430. The Kier molecular flexibility index (Phi) is 7.12. The molecule has 0 saturated carbocycles. The maximum Gasteiger partial charge on any atom is 0.573 e. The van der Waals surface area contributed by atoms with Gasteiger partial charge in [-0.1, -0.05) is 16.8 Å². The minimum absolute atomic E-state index is 0.104. The van der Waals surface area contributed by atoms with Crippen LogP contribution in [-0.2, 0) is 22.4 Å². The summed E-state index contributed by atoms with van der Waals surface area (Å²) in [6, 6.07) is 3.49. The van der Waals surface area contributed by atoms with Crippen molar-refractivity contribution in [2.24, 2.45) is 0 Å². The lowest BCUT2D eigenvalue weighted by molar-refractivity contribution is -0.274. The molecule has 200 valence electrons. The van der Waals surface area contributed by atoms with Crippen LogP contribution in [0.5, 0.6) is 5.75 Å². The second kappa shape index (κ2) is 9.40. The number of sulfonamides is 1. The van der Waals surface area contributed by atoms with Crippen molar-refractivity contribution in [2.45, 2.75) is 23.6 Å². The van der Waals surface area contributed by atoms with E-state index in [0.29, 0.717) is 42.5 Å². The summed E-state index contributed by atoms with van der Waals surface area (Å²) in [4.78, 5) is 11.6. The molecule has 0 spiro atoms. The van der Waals surface area contributed by atoms with Gasteiger partial charge in [-0.2, -0.15) is 26.3 Å². The van der Waals surface area contributed by atoms with E-state index >= 15 is 0 Å². The average Bonchev–Trinajstić information content (AvgIpc) is 3.17. The minimum Gasteiger partial charge on any atom is -0.406 e. The fourth-order valence-electron chi connectivity index (χ4n) is 2.76. The van der Waals surface area contributed by atoms with E-state index in [2.05, 4.69) is 15.0 Å². The maximum atomic E-state index is 13.8. The number of ether oxygens (including phenoxy) is 1. The van der Waals surface area contributed by atoms with Crippen molar-refractivity contribution in [3.05, 3.63) is 64.4 Å². The Hall–Kier alpha value is -3.54. The molecule has 0 radical (unpaired) electrons. The van der Waals surface area contributed by atoms with E-state index in [9.17, 15) is 52.7 Å². The number of alkyl halides is 9. The summed E-state index contributed by atoms with van der Waals surface area (Å²) >= 11 is 5.69. The molecule has 8 nitrogen and oxygen atoms in total. The molecule has 3 aromatic rings. The Labute approximate surface area is 204 Å². The molecule has 0 aliphatic carbocycles. The van der Waals surface area contributed by atoms with E-state index in [1.165, 1.54) is 4.72 Å². The van der Waals surface area contributed by atoms with Gasteiger partial charge < -0.3 is 4.74 Å². The number of aromatic nitrogens is 3. The van der Waals surface area contributed by atoms with Gasteiger partial charge in [0.05, 0.1) is 21.2 Å². The molecule has 0 unspecified atom stereocenters. The van der Waals surface area contributed by atoms with Crippen LogP contribution in [0.1, 0.15) is 21.7 Å². The van der Waals surface area contributed by atoms with Gasteiger partial charge in [-0.3, -0.25) is 4.79 Å². The number of amides is 1. The number of benzene rings is 2. The van der Waals surface area contributed by atoms with Gasteiger partial charge in [-0.15, -0.1) is 18.3 Å². The summed E-state index contributed by atoms with van der Waals surface area (Å²) in [6.07, 6.45) is -15.4. The number of nitrogens with one attached hydrogen (secondary N) is 1. The van der Waals surface area contributed by atoms with Crippen molar-refractivity contribution < 1.29 is 57.5 Å². The first-order valence-corrected chi connectivity index (χ1v) is 11.0. The highest BCUT2D eigenvalue weighted by Crippen LogP contribution is 2.37. The molecule has 1 amide bonds. The minimum atomic E-state index is -5.44. The fraction of sp³-hybridized carbons (Fsp3) is 0.167. The van der Waals surface area contributed by atoms with Crippen LogP contribution in [0, 0.1) is 0 Å². The molecule has 3 rings (SSSR count). The molecule has 0 bridgehead atoms. The lowest BCUT2D eigenvalue weighted by Gasteiger charge is -2.14. The van der Waals surface area contributed by atoms with E-state index in [1.807, 2.05) is 0 Å². The SMILES string of the molecule is O=C(NS(=O)(=O)c1ccc(OC(F)(F)F)cc1)c1nnn(-c2ccc(C(F)(F)F)cc2Cl)c1C(F)(F)F. The quantitative estimate of drug-likeness (QED) is 0.426. The Balaban J connectivity index is 1.97. The third-order valence-electron chi connectivity index (χ3n) is 4.25. The Morgan fingerprint density at radius 2 is 1.51 bits per heavy atom. The number of carbonyl (C=O) groups excluding carboxylic acids is 1. The first-order valence-electron chi connectivity index (χ1n) is 9.12. The van der Waals surface area contributed by atoms with E-state index in [1.54, 1.807) is 0 Å². The van der Waals surface area contributed by atoms with Crippen molar-refractivity contribution >= 4 is 27.5 Å². The maximum absolute atomic E-state index is 13.8. The zero-order valence-corrected chi connectivity index (χ0v) is 18.8. The van der Waals surface area contributed by atoms with Crippen LogP contribution in [0.3, 0.4) is 0 Å². The van der Waals surface area contributed by atoms with Crippen LogP contribution in [0.2, 0.25) is 5.02 Å². The van der Waals surface area contributed by atoms with E-state index in [0.717, 1.165) is 0 Å². The molecule has 2 aromatic carbocycles. The number of hydrogen-bond acceptors (Lipinski definition) is 6. The zero-order chi connectivity index (χ0) is 28.0. The first kappa shape index (κ1) is 28.0. The number of nitrogens with zero attached hydrogens (tertiary/aromatic N) is 3. The molecule has 0 aliphatic rings. The predicted molar refractivity (Wildman–Crippen MR) is 104 cm³/mol. The van der Waals surface area contributed by atoms with Gasteiger partial charge >= 0.3 is 18.7 Å². The molecule has 0 atom stereocenters. The normalized spacial score (nSPS) is 12.9. The van der Waals surface area contributed by atoms with Crippen LogP contribution in [0.15, 0.2) is 47.4 Å². The van der Waals surface area contributed by atoms with Crippen LogP contribution < -0.4 is 9.46 Å². The molecule has 19 heteroatoms. The van der Waals surface area contributed by atoms with Crippen molar-refractivity contribution in [3.8, 4) is 11.4 Å². The zero-order valence-electron chi connectivity index (χ0n) is 17.2. The second-order valence-corrected chi connectivity index (χ2v) is 8.90. The summed E-state index contributed by atoms with van der Waals surface area (Å²) in [7, 11) is -4.95. The third-order valence-corrected chi connectivity index (χ3v) is 5.90. The first-order chi connectivity index (χ1) is 16.8. The Morgan fingerprint density at radius 1 is 0.919 bits per heavy atom. The standard InChI is InChI=1S/C18H8ClF9N4O4S/c19-11-7-8(16(20,21)22)1-6-12(11)32-14(17(23,24)25)13(29-31-32)15(33)30-37(34,35)10-4-2-9(3-5-10)36-18(26,27)28/h1-7H,(H,30,33). The number of rotatable bonds is 5. The van der Waals surface area contributed by atoms with Gasteiger partial charge in [0, 0.05) is 0 Å². The Morgan fingerprint density at radius 3 is 2.00 bits per heavy atom. The highest BCUT2D eigenvalue weighted by Gasteiger charge is 2.43. The van der Waals surface area contributed by atoms with Gasteiger partial charge in [0.15, 0.2) is 11.4 Å². The molecule has 37 heavy (non-hydrogen) atoms. The van der Waals surface area contributed by atoms with Gasteiger partial charge in [0.2, 0.25) is 0 Å². The van der Waals surface area contributed by atoms with Crippen LogP contribution in [-0.4, -0.2) is 35.7 Å². The van der Waals surface area contributed by atoms with Gasteiger partial charge in [0.1, 0.15) is 5.75 Å². The summed E-state index contributed by atoms with van der Waals surface area (Å²) in [6.45, 7) is 0. The van der Waals surface area contributed by atoms with Crippen LogP contribution >= 0.6 is 11.6 Å². The number of carbonyl (C=O) groups is 1. The average molecular weight is 583 g/mol. The molecule has 0 aliphatic heterocycles. The second-order valence-electron chi connectivity index (χ2n) is 6.81. The lowest BCUT2D eigenvalue weighted by atomic mass is 10.2. The largest absolute Gasteiger partial charge is 0.573 e.